The lowest BCUT2D eigenvalue weighted by Crippen LogP contribution is -2.29. The van der Waals surface area contributed by atoms with Gasteiger partial charge in [0.2, 0.25) is 0 Å². The van der Waals surface area contributed by atoms with Crippen LogP contribution in [0.15, 0.2) is 77.7 Å². The summed E-state index contributed by atoms with van der Waals surface area (Å²) in [7, 11) is 0. The van der Waals surface area contributed by atoms with Gasteiger partial charge in [0.15, 0.2) is 0 Å². The summed E-state index contributed by atoms with van der Waals surface area (Å²) in [6, 6.07) is 27.0. The lowest BCUT2D eigenvalue weighted by Gasteiger charge is -2.28. The Morgan fingerprint density at radius 2 is 1.50 bits per heavy atom. The molecule has 1 aliphatic heterocycles. The van der Waals surface area contributed by atoms with Crippen LogP contribution in [0, 0.1) is 0 Å². The second-order valence-electron chi connectivity index (χ2n) is 8.06. The van der Waals surface area contributed by atoms with Gasteiger partial charge in [-0.1, -0.05) is 74.5 Å². The average molecular weight is 417 g/mol. The zero-order chi connectivity index (χ0) is 20.8. The minimum Gasteiger partial charge on any atom is -0.294 e. The first-order valence-electron chi connectivity index (χ1n) is 11.2. The highest BCUT2D eigenvalue weighted by molar-refractivity contribution is 7.97. The summed E-state index contributed by atoms with van der Waals surface area (Å²) in [5, 5.41) is 0. The van der Waals surface area contributed by atoms with Gasteiger partial charge in [-0.05, 0) is 64.7 Å². The Morgan fingerprint density at radius 3 is 2.17 bits per heavy atom. The molecular weight excluding hydrogens is 384 g/mol. The molecule has 0 fully saturated rings. The molecule has 3 heteroatoms. The lowest BCUT2D eigenvalue weighted by atomic mass is 9.99. The molecular formula is C27H32N2S. The number of hydrogen-bond donors (Lipinski definition) is 0. The first-order valence-corrected chi connectivity index (χ1v) is 11.9. The molecule has 0 aliphatic carbocycles. The molecule has 0 spiro atoms. The molecule has 1 heterocycles. The van der Waals surface area contributed by atoms with Crippen LogP contribution in [-0.4, -0.2) is 28.8 Å². The molecule has 1 aliphatic rings. The quantitative estimate of drug-likeness (QED) is 0.380. The number of hydrogen-bond acceptors (Lipinski definition) is 3. The van der Waals surface area contributed by atoms with E-state index in [0.29, 0.717) is 0 Å². The van der Waals surface area contributed by atoms with E-state index in [0.717, 1.165) is 39.1 Å². The van der Waals surface area contributed by atoms with E-state index in [1.165, 1.54) is 39.1 Å². The Kier molecular flexibility index (Phi) is 7.27. The fraction of sp³-hybridized carbons (Fsp3) is 0.333. The largest absolute Gasteiger partial charge is 0.294 e. The monoisotopic (exact) mass is 416 g/mol. The molecule has 0 aromatic heterocycles. The molecule has 156 valence electrons. The van der Waals surface area contributed by atoms with Crippen LogP contribution in [0.4, 0.5) is 0 Å². The standard InChI is InChI=1S/C27H32N2S/c1-3-18-29(4-2)30-27-15-13-25(14-16-27)24-11-9-22(10-12-24)20-28-19-17-23-7-5-6-8-26(23)21-28/h5-16H,3-4,17-21H2,1-2H3. The number of nitrogens with zero attached hydrogens (tertiary/aromatic N) is 2. The van der Waals surface area contributed by atoms with Crippen molar-refractivity contribution in [2.75, 3.05) is 19.6 Å². The van der Waals surface area contributed by atoms with Crippen LogP contribution >= 0.6 is 11.9 Å². The van der Waals surface area contributed by atoms with Gasteiger partial charge in [-0.15, -0.1) is 0 Å². The van der Waals surface area contributed by atoms with Gasteiger partial charge in [-0.2, -0.15) is 0 Å². The van der Waals surface area contributed by atoms with Gasteiger partial charge in [-0.3, -0.25) is 4.90 Å². The van der Waals surface area contributed by atoms with Crippen molar-refractivity contribution in [2.24, 2.45) is 0 Å². The van der Waals surface area contributed by atoms with E-state index >= 15 is 0 Å². The third kappa shape index (κ3) is 5.34. The van der Waals surface area contributed by atoms with Gasteiger partial charge in [0.05, 0.1) is 0 Å². The maximum atomic E-state index is 2.55. The third-order valence-corrected chi connectivity index (χ3v) is 7.00. The number of benzene rings is 3. The van der Waals surface area contributed by atoms with E-state index in [9.17, 15) is 0 Å². The van der Waals surface area contributed by atoms with Gasteiger partial charge in [0.1, 0.15) is 0 Å². The Hall–Kier alpha value is -2.07. The second-order valence-corrected chi connectivity index (χ2v) is 9.23. The molecule has 0 saturated heterocycles. The van der Waals surface area contributed by atoms with Crippen molar-refractivity contribution in [1.82, 2.24) is 9.21 Å². The van der Waals surface area contributed by atoms with E-state index in [4.69, 9.17) is 0 Å². The summed E-state index contributed by atoms with van der Waals surface area (Å²) in [6.07, 6.45) is 2.35. The lowest BCUT2D eigenvalue weighted by molar-refractivity contribution is 0.245. The van der Waals surface area contributed by atoms with Crippen molar-refractivity contribution in [3.63, 3.8) is 0 Å². The smallest absolute Gasteiger partial charge is 0.0240 e. The number of rotatable bonds is 8. The summed E-state index contributed by atoms with van der Waals surface area (Å²) in [5.74, 6) is 0. The molecule has 0 atom stereocenters. The Balaban J connectivity index is 1.37. The minimum absolute atomic E-state index is 1.02. The Labute approximate surface area is 186 Å². The molecule has 2 nitrogen and oxygen atoms in total. The van der Waals surface area contributed by atoms with Gasteiger partial charge in [0, 0.05) is 37.6 Å². The van der Waals surface area contributed by atoms with Gasteiger partial charge in [0.25, 0.3) is 0 Å². The fourth-order valence-corrected chi connectivity index (χ4v) is 5.08. The molecule has 30 heavy (non-hydrogen) atoms. The van der Waals surface area contributed by atoms with Crippen molar-refractivity contribution < 1.29 is 0 Å². The molecule has 0 saturated carbocycles. The van der Waals surface area contributed by atoms with Crippen molar-refractivity contribution in [2.45, 2.75) is 44.7 Å². The molecule has 0 radical (unpaired) electrons. The van der Waals surface area contributed by atoms with E-state index < -0.39 is 0 Å². The van der Waals surface area contributed by atoms with Crippen LogP contribution in [0.5, 0.6) is 0 Å². The van der Waals surface area contributed by atoms with Crippen molar-refractivity contribution in [3.8, 4) is 11.1 Å². The maximum absolute atomic E-state index is 2.55. The molecule has 4 rings (SSSR count). The summed E-state index contributed by atoms with van der Waals surface area (Å²) in [4.78, 5) is 3.87. The summed E-state index contributed by atoms with van der Waals surface area (Å²) >= 11 is 1.86. The van der Waals surface area contributed by atoms with Gasteiger partial charge < -0.3 is 0 Å². The highest BCUT2D eigenvalue weighted by Crippen LogP contribution is 2.27. The SMILES string of the molecule is CCCN(CC)Sc1ccc(-c2ccc(CN3CCc4ccccc4C3)cc2)cc1. The van der Waals surface area contributed by atoms with Gasteiger partial charge in [-0.25, -0.2) is 4.31 Å². The van der Waals surface area contributed by atoms with E-state index in [-0.39, 0.29) is 0 Å². The first-order chi connectivity index (χ1) is 14.7. The number of fused-ring (bicyclic) bond motifs is 1. The summed E-state index contributed by atoms with van der Waals surface area (Å²) in [6.45, 7) is 9.89. The highest BCUT2D eigenvalue weighted by Gasteiger charge is 2.15. The van der Waals surface area contributed by atoms with Crippen molar-refractivity contribution in [3.05, 3.63) is 89.5 Å². The summed E-state index contributed by atoms with van der Waals surface area (Å²) < 4.78 is 2.42. The van der Waals surface area contributed by atoms with Crippen LogP contribution in [0.2, 0.25) is 0 Å². The zero-order valence-corrected chi connectivity index (χ0v) is 19.0. The zero-order valence-electron chi connectivity index (χ0n) is 18.2. The van der Waals surface area contributed by atoms with Crippen molar-refractivity contribution in [1.29, 1.82) is 0 Å². The topological polar surface area (TPSA) is 6.48 Å². The second kappa shape index (κ2) is 10.3. The van der Waals surface area contributed by atoms with E-state index in [2.05, 4.69) is 95.8 Å². The van der Waals surface area contributed by atoms with Crippen LogP contribution in [0.1, 0.15) is 37.0 Å². The van der Waals surface area contributed by atoms with Crippen LogP contribution in [0.25, 0.3) is 11.1 Å². The van der Waals surface area contributed by atoms with Crippen LogP contribution in [0.3, 0.4) is 0 Å². The average Bonchev–Trinajstić information content (AvgIpc) is 2.80. The Morgan fingerprint density at radius 1 is 0.833 bits per heavy atom. The molecule has 0 bridgehead atoms. The first kappa shape index (κ1) is 21.2. The molecule has 3 aromatic rings. The molecule has 3 aromatic carbocycles. The molecule has 0 amide bonds. The minimum atomic E-state index is 1.02. The molecule has 0 N–H and O–H groups in total. The van der Waals surface area contributed by atoms with E-state index in [1.807, 2.05) is 11.9 Å². The van der Waals surface area contributed by atoms with Crippen molar-refractivity contribution >= 4 is 11.9 Å². The van der Waals surface area contributed by atoms with Gasteiger partial charge >= 0.3 is 0 Å². The third-order valence-electron chi connectivity index (χ3n) is 5.82. The normalized spacial score (nSPS) is 14.1. The van der Waals surface area contributed by atoms with E-state index in [1.54, 1.807) is 0 Å². The van der Waals surface area contributed by atoms with Crippen LogP contribution < -0.4 is 0 Å². The predicted octanol–water partition coefficient (Wildman–Crippen LogP) is 6.65. The molecule has 0 unspecified atom stereocenters. The summed E-state index contributed by atoms with van der Waals surface area (Å²) in [5.41, 5.74) is 6.97. The highest BCUT2D eigenvalue weighted by atomic mass is 32.2. The Bertz CT molecular complexity index is 934. The maximum Gasteiger partial charge on any atom is 0.0240 e. The predicted molar refractivity (Wildman–Crippen MR) is 130 cm³/mol. The fourth-order valence-electron chi connectivity index (χ4n) is 4.12. The van der Waals surface area contributed by atoms with Crippen LogP contribution in [-0.2, 0) is 19.5 Å².